The van der Waals surface area contributed by atoms with Crippen LogP contribution in [0.1, 0.15) is 5.56 Å². The number of nitro groups is 3. The zero-order chi connectivity index (χ0) is 17.9. The van der Waals surface area contributed by atoms with Gasteiger partial charge in [-0.05, 0) is 18.2 Å². The second kappa shape index (κ2) is 6.56. The van der Waals surface area contributed by atoms with Crippen molar-refractivity contribution in [1.29, 1.82) is 0 Å². The first kappa shape index (κ1) is 16.6. The molecule has 0 spiro atoms. The lowest BCUT2D eigenvalue weighted by molar-refractivity contribution is -0.403. The minimum absolute atomic E-state index is 0.0666. The van der Waals surface area contributed by atoms with E-state index in [1.54, 1.807) is 0 Å². The largest absolute Gasteiger partial charge is 0.291 e. The lowest BCUT2D eigenvalue weighted by atomic mass is 10.1. The van der Waals surface area contributed by atoms with Crippen LogP contribution in [-0.2, 0) is 0 Å². The van der Waals surface area contributed by atoms with Crippen molar-refractivity contribution in [3.63, 3.8) is 0 Å². The summed E-state index contributed by atoms with van der Waals surface area (Å²) in [6, 6.07) is 6.07. The Morgan fingerprint density at radius 3 is 1.96 bits per heavy atom. The number of aliphatic imine (C=N–C) groups is 1. The van der Waals surface area contributed by atoms with Gasteiger partial charge in [-0.15, -0.1) is 0 Å². The van der Waals surface area contributed by atoms with Gasteiger partial charge in [-0.25, -0.2) is 4.39 Å². The summed E-state index contributed by atoms with van der Waals surface area (Å²) in [5.41, 5.74) is -2.96. The SMILES string of the molecule is O=[N+]([O-])c1cc([N+](=O)[O-])c(C=Nc2cccc(F)c2)c([N+](=O)[O-])c1. The van der Waals surface area contributed by atoms with Gasteiger partial charge in [0.15, 0.2) is 0 Å². The van der Waals surface area contributed by atoms with Gasteiger partial charge in [0.2, 0.25) is 0 Å². The van der Waals surface area contributed by atoms with Gasteiger partial charge in [0.05, 0.1) is 32.6 Å². The molecule has 0 saturated heterocycles. The summed E-state index contributed by atoms with van der Waals surface area (Å²) in [7, 11) is 0. The molecular weight excluding hydrogens is 327 g/mol. The van der Waals surface area contributed by atoms with Crippen LogP contribution >= 0.6 is 0 Å². The van der Waals surface area contributed by atoms with Crippen LogP contribution in [-0.4, -0.2) is 21.0 Å². The Kier molecular flexibility index (Phi) is 4.54. The molecule has 0 fully saturated rings. The van der Waals surface area contributed by atoms with Gasteiger partial charge in [0.25, 0.3) is 17.1 Å². The Bertz CT molecular complexity index is 848. The highest BCUT2D eigenvalue weighted by atomic mass is 19.1. The van der Waals surface area contributed by atoms with Crippen molar-refractivity contribution in [2.45, 2.75) is 0 Å². The van der Waals surface area contributed by atoms with Gasteiger partial charge >= 0.3 is 0 Å². The van der Waals surface area contributed by atoms with Crippen LogP contribution in [0.25, 0.3) is 0 Å². The van der Waals surface area contributed by atoms with Crippen LogP contribution in [0.15, 0.2) is 41.4 Å². The van der Waals surface area contributed by atoms with Gasteiger partial charge < -0.3 is 0 Å². The molecule has 0 bridgehead atoms. The summed E-state index contributed by atoms with van der Waals surface area (Å²) in [5.74, 6) is -0.614. The summed E-state index contributed by atoms with van der Waals surface area (Å²) in [6.45, 7) is 0. The average molecular weight is 334 g/mol. The van der Waals surface area contributed by atoms with Crippen molar-refractivity contribution >= 4 is 29.0 Å². The number of hydrogen-bond acceptors (Lipinski definition) is 7. The number of halogens is 1. The Hall–Kier alpha value is -3.76. The quantitative estimate of drug-likeness (QED) is 0.466. The van der Waals surface area contributed by atoms with Crippen LogP contribution < -0.4 is 0 Å². The zero-order valence-electron chi connectivity index (χ0n) is 11.7. The molecule has 11 heteroatoms. The van der Waals surface area contributed by atoms with Crippen molar-refractivity contribution in [2.24, 2.45) is 4.99 Å². The van der Waals surface area contributed by atoms with Crippen LogP contribution in [0.3, 0.4) is 0 Å². The lowest BCUT2D eigenvalue weighted by Crippen LogP contribution is -2.02. The molecule has 0 aliphatic carbocycles. The van der Waals surface area contributed by atoms with E-state index in [9.17, 15) is 34.7 Å². The fourth-order valence-electron chi connectivity index (χ4n) is 1.84. The van der Waals surface area contributed by atoms with Crippen molar-refractivity contribution in [3.05, 3.63) is 78.1 Å². The minimum atomic E-state index is -0.993. The molecule has 0 heterocycles. The standard InChI is InChI=1S/C13H7FN4O6/c14-8-2-1-3-9(4-8)15-7-11-12(17(21)22)5-10(16(19)20)6-13(11)18(23)24/h1-7H. The van der Waals surface area contributed by atoms with E-state index < -0.39 is 43.2 Å². The van der Waals surface area contributed by atoms with Crippen molar-refractivity contribution in [1.82, 2.24) is 0 Å². The fourth-order valence-corrected chi connectivity index (χ4v) is 1.84. The molecule has 0 atom stereocenters. The molecule has 2 rings (SSSR count). The Morgan fingerprint density at radius 1 is 0.917 bits per heavy atom. The van der Waals surface area contributed by atoms with Crippen molar-refractivity contribution < 1.29 is 19.2 Å². The van der Waals surface area contributed by atoms with Crippen LogP contribution in [0.4, 0.5) is 27.1 Å². The lowest BCUT2D eigenvalue weighted by Gasteiger charge is -2.00. The molecule has 0 saturated carbocycles. The maximum atomic E-state index is 13.1. The maximum absolute atomic E-state index is 13.1. The molecule has 0 aromatic heterocycles. The second-order valence-corrected chi connectivity index (χ2v) is 4.41. The molecule has 24 heavy (non-hydrogen) atoms. The summed E-state index contributed by atoms with van der Waals surface area (Å²) in [5, 5.41) is 32.9. The van der Waals surface area contributed by atoms with Gasteiger partial charge in [-0.2, -0.15) is 0 Å². The van der Waals surface area contributed by atoms with Gasteiger partial charge in [0.1, 0.15) is 11.4 Å². The molecule has 10 nitrogen and oxygen atoms in total. The van der Waals surface area contributed by atoms with E-state index in [1.807, 2.05) is 0 Å². The highest BCUT2D eigenvalue weighted by Crippen LogP contribution is 2.32. The zero-order valence-corrected chi connectivity index (χ0v) is 11.7. The molecule has 0 aliphatic heterocycles. The van der Waals surface area contributed by atoms with E-state index in [2.05, 4.69) is 4.99 Å². The topological polar surface area (TPSA) is 142 Å². The number of benzene rings is 2. The smallest absolute Gasteiger partial charge is 0.258 e. The predicted molar refractivity (Wildman–Crippen MR) is 80.1 cm³/mol. The van der Waals surface area contributed by atoms with Crippen LogP contribution in [0.2, 0.25) is 0 Å². The third-order valence-electron chi connectivity index (χ3n) is 2.88. The van der Waals surface area contributed by atoms with Crippen molar-refractivity contribution in [3.8, 4) is 0 Å². The Morgan fingerprint density at radius 2 is 1.50 bits per heavy atom. The molecule has 2 aromatic rings. The Labute approximate surface area is 132 Å². The van der Waals surface area contributed by atoms with Crippen molar-refractivity contribution in [2.75, 3.05) is 0 Å². The molecule has 0 radical (unpaired) electrons. The number of nitro benzene ring substituents is 3. The normalized spacial score (nSPS) is 10.7. The molecule has 0 amide bonds. The first-order valence-corrected chi connectivity index (χ1v) is 6.20. The molecule has 0 N–H and O–H groups in total. The summed E-state index contributed by atoms with van der Waals surface area (Å²) >= 11 is 0. The van der Waals surface area contributed by atoms with Crippen LogP contribution in [0.5, 0.6) is 0 Å². The van der Waals surface area contributed by atoms with Gasteiger partial charge in [-0.1, -0.05) is 6.07 Å². The second-order valence-electron chi connectivity index (χ2n) is 4.41. The van der Waals surface area contributed by atoms with E-state index in [0.29, 0.717) is 12.1 Å². The number of nitrogens with zero attached hydrogens (tertiary/aromatic N) is 4. The predicted octanol–water partition coefficient (Wildman–Crippen LogP) is 3.30. The monoisotopic (exact) mass is 334 g/mol. The van der Waals surface area contributed by atoms with E-state index in [4.69, 9.17) is 0 Å². The minimum Gasteiger partial charge on any atom is -0.258 e. The van der Waals surface area contributed by atoms with E-state index in [-0.39, 0.29) is 5.69 Å². The number of non-ortho nitro benzene ring substituents is 1. The highest BCUT2D eigenvalue weighted by Gasteiger charge is 2.29. The summed E-state index contributed by atoms with van der Waals surface area (Å²) in [6.07, 6.45) is 0.800. The van der Waals surface area contributed by atoms with Gasteiger partial charge in [-0.3, -0.25) is 35.3 Å². The molecule has 0 unspecified atom stereocenters. The Balaban J connectivity index is 2.64. The third kappa shape index (κ3) is 3.52. The number of rotatable bonds is 5. The van der Waals surface area contributed by atoms with E-state index in [1.165, 1.54) is 12.1 Å². The van der Waals surface area contributed by atoms with E-state index >= 15 is 0 Å². The maximum Gasteiger partial charge on any atom is 0.291 e. The number of hydrogen-bond donors (Lipinski definition) is 0. The first-order valence-electron chi connectivity index (χ1n) is 6.20. The average Bonchev–Trinajstić information content (AvgIpc) is 2.51. The first-order chi connectivity index (χ1) is 11.3. The molecule has 122 valence electrons. The fraction of sp³-hybridized carbons (Fsp3) is 0. The van der Waals surface area contributed by atoms with Crippen LogP contribution in [0, 0.1) is 36.2 Å². The summed E-state index contributed by atoms with van der Waals surface area (Å²) < 4.78 is 13.1. The molecular formula is C13H7FN4O6. The molecule has 0 aliphatic rings. The summed E-state index contributed by atoms with van der Waals surface area (Å²) in [4.78, 5) is 33.7. The van der Waals surface area contributed by atoms with E-state index in [0.717, 1.165) is 18.3 Å². The van der Waals surface area contributed by atoms with Gasteiger partial charge in [0, 0.05) is 6.21 Å². The third-order valence-corrected chi connectivity index (χ3v) is 2.88. The highest BCUT2D eigenvalue weighted by molar-refractivity contribution is 5.93. The molecule has 2 aromatic carbocycles.